The summed E-state index contributed by atoms with van der Waals surface area (Å²) in [5, 5.41) is 11.0. The SMILES string of the molecule is COc1ccc(NC(=S)NC(=NCCc2c[nH]c3ccc(OC)cc23)Nc2nc(C)cc(C)n2)cc1. The lowest BCUT2D eigenvalue weighted by Gasteiger charge is -2.14. The van der Waals surface area contributed by atoms with E-state index in [9.17, 15) is 0 Å². The summed E-state index contributed by atoms with van der Waals surface area (Å²) in [5.41, 5.74) is 4.74. The lowest BCUT2D eigenvalue weighted by molar-refractivity contribution is 0.415. The Kier molecular flexibility index (Phi) is 7.96. The van der Waals surface area contributed by atoms with E-state index in [1.807, 2.05) is 68.6 Å². The Bertz CT molecular complexity index is 1360. The van der Waals surface area contributed by atoms with Crippen molar-refractivity contribution in [3.8, 4) is 11.5 Å². The molecule has 36 heavy (non-hydrogen) atoms. The van der Waals surface area contributed by atoms with Crippen molar-refractivity contribution >= 4 is 45.8 Å². The van der Waals surface area contributed by atoms with Crippen molar-refractivity contribution in [3.05, 3.63) is 71.7 Å². The number of hydrogen-bond acceptors (Lipinski definition) is 6. The van der Waals surface area contributed by atoms with Crippen LogP contribution in [0.15, 0.2) is 59.7 Å². The molecule has 0 spiro atoms. The number of thiocarbonyl (C=S) groups is 1. The minimum atomic E-state index is 0.382. The van der Waals surface area contributed by atoms with Crippen LogP contribution in [0.5, 0.6) is 11.5 Å². The molecule has 186 valence electrons. The van der Waals surface area contributed by atoms with Crippen LogP contribution in [0.1, 0.15) is 17.0 Å². The number of aliphatic imine (C=N–C) groups is 1. The number of rotatable bonds is 7. The molecule has 10 heteroatoms. The number of methoxy groups -OCH3 is 2. The predicted octanol–water partition coefficient (Wildman–Crippen LogP) is 4.59. The molecule has 0 saturated heterocycles. The van der Waals surface area contributed by atoms with Crippen molar-refractivity contribution in [2.75, 3.05) is 31.4 Å². The summed E-state index contributed by atoms with van der Waals surface area (Å²) in [5.74, 6) is 2.48. The number of hydrogen-bond donors (Lipinski definition) is 4. The highest BCUT2D eigenvalue weighted by Gasteiger charge is 2.09. The zero-order chi connectivity index (χ0) is 25.5. The van der Waals surface area contributed by atoms with Crippen LogP contribution < -0.4 is 25.4 Å². The predicted molar refractivity (Wildman–Crippen MR) is 148 cm³/mol. The Hall–Kier alpha value is -4.18. The van der Waals surface area contributed by atoms with Gasteiger partial charge in [-0.15, -0.1) is 0 Å². The average molecular weight is 504 g/mol. The number of aryl methyl sites for hydroxylation is 2. The van der Waals surface area contributed by atoms with Crippen LogP contribution in [-0.2, 0) is 6.42 Å². The summed E-state index contributed by atoms with van der Waals surface area (Å²) < 4.78 is 10.6. The first-order valence-electron chi connectivity index (χ1n) is 11.4. The van der Waals surface area contributed by atoms with Crippen molar-refractivity contribution in [2.45, 2.75) is 20.3 Å². The van der Waals surface area contributed by atoms with E-state index < -0.39 is 0 Å². The molecular formula is C26H29N7O2S. The molecule has 9 nitrogen and oxygen atoms in total. The van der Waals surface area contributed by atoms with E-state index in [0.717, 1.165) is 45.0 Å². The first-order valence-corrected chi connectivity index (χ1v) is 11.8. The number of nitrogens with zero attached hydrogens (tertiary/aromatic N) is 3. The van der Waals surface area contributed by atoms with Gasteiger partial charge >= 0.3 is 0 Å². The molecule has 2 aromatic carbocycles. The molecule has 4 aromatic rings. The summed E-state index contributed by atoms with van der Waals surface area (Å²) in [6.07, 6.45) is 2.72. The van der Waals surface area contributed by atoms with Crippen molar-refractivity contribution in [3.63, 3.8) is 0 Å². The van der Waals surface area contributed by atoms with Gasteiger partial charge in [0.2, 0.25) is 11.9 Å². The van der Waals surface area contributed by atoms with Crippen LogP contribution >= 0.6 is 12.2 Å². The highest BCUT2D eigenvalue weighted by molar-refractivity contribution is 7.80. The number of anilines is 2. The van der Waals surface area contributed by atoms with E-state index in [2.05, 4.69) is 30.9 Å². The van der Waals surface area contributed by atoms with E-state index in [0.29, 0.717) is 30.0 Å². The highest BCUT2D eigenvalue weighted by atomic mass is 32.1. The quantitative estimate of drug-likeness (QED) is 0.165. The number of aromatic amines is 1. The van der Waals surface area contributed by atoms with Crippen LogP contribution in [0.2, 0.25) is 0 Å². The third-order valence-electron chi connectivity index (χ3n) is 5.42. The summed E-state index contributed by atoms with van der Waals surface area (Å²) in [4.78, 5) is 17.0. The van der Waals surface area contributed by atoms with E-state index in [1.54, 1.807) is 14.2 Å². The zero-order valence-corrected chi connectivity index (χ0v) is 21.5. The van der Waals surface area contributed by atoms with Crippen LogP contribution in [-0.4, -0.2) is 46.8 Å². The van der Waals surface area contributed by atoms with Gasteiger partial charge in [0, 0.05) is 40.7 Å². The summed E-state index contributed by atoms with van der Waals surface area (Å²) in [6, 6.07) is 15.4. The van der Waals surface area contributed by atoms with Crippen molar-refractivity contribution < 1.29 is 9.47 Å². The van der Waals surface area contributed by atoms with Gasteiger partial charge in [-0.25, -0.2) is 9.97 Å². The van der Waals surface area contributed by atoms with E-state index in [1.165, 1.54) is 0 Å². The first-order chi connectivity index (χ1) is 17.4. The molecule has 2 aromatic heterocycles. The Balaban J connectivity index is 1.50. The van der Waals surface area contributed by atoms with Gasteiger partial charge in [-0.05, 0) is 86.6 Å². The molecule has 0 bridgehead atoms. The third kappa shape index (κ3) is 6.48. The van der Waals surface area contributed by atoms with Crippen molar-refractivity contribution in [2.24, 2.45) is 4.99 Å². The second-order valence-electron chi connectivity index (χ2n) is 8.11. The monoisotopic (exact) mass is 503 g/mol. The summed E-state index contributed by atoms with van der Waals surface area (Å²) >= 11 is 5.53. The van der Waals surface area contributed by atoms with Crippen LogP contribution in [0, 0.1) is 13.8 Å². The third-order valence-corrected chi connectivity index (χ3v) is 5.62. The Morgan fingerprint density at radius 1 is 0.944 bits per heavy atom. The average Bonchev–Trinajstić information content (AvgIpc) is 3.25. The molecule has 0 unspecified atom stereocenters. The molecular weight excluding hydrogens is 474 g/mol. The minimum Gasteiger partial charge on any atom is -0.497 e. The van der Waals surface area contributed by atoms with Gasteiger partial charge in [0.05, 0.1) is 14.2 Å². The molecule has 0 radical (unpaired) electrons. The van der Waals surface area contributed by atoms with E-state index >= 15 is 0 Å². The maximum atomic E-state index is 5.53. The molecule has 0 saturated carbocycles. The zero-order valence-electron chi connectivity index (χ0n) is 20.7. The molecule has 4 rings (SSSR count). The summed E-state index contributed by atoms with van der Waals surface area (Å²) in [6.45, 7) is 4.35. The van der Waals surface area contributed by atoms with Gasteiger partial charge in [-0.1, -0.05) is 0 Å². The molecule has 0 amide bonds. The van der Waals surface area contributed by atoms with Crippen molar-refractivity contribution in [1.29, 1.82) is 0 Å². The Morgan fingerprint density at radius 2 is 1.64 bits per heavy atom. The number of benzene rings is 2. The smallest absolute Gasteiger partial charge is 0.229 e. The highest BCUT2D eigenvalue weighted by Crippen LogP contribution is 2.24. The second kappa shape index (κ2) is 11.5. The molecule has 0 aliphatic heterocycles. The minimum absolute atomic E-state index is 0.382. The molecule has 4 N–H and O–H groups in total. The number of guanidine groups is 1. The maximum absolute atomic E-state index is 5.53. The molecule has 2 heterocycles. The van der Waals surface area contributed by atoms with Crippen LogP contribution in [0.4, 0.5) is 11.6 Å². The molecule has 0 aliphatic carbocycles. The lowest BCUT2D eigenvalue weighted by atomic mass is 10.1. The number of nitrogens with one attached hydrogen (secondary N) is 4. The van der Waals surface area contributed by atoms with E-state index in [-0.39, 0.29) is 0 Å². The van der Waals surface area contributed by atoms with Gasteiger partial charge in [0.1, 0.15) is 11.5 Å². The molecule has 0 fully saturated rings. The Morgan fingerprint density at radius 3 is 2.33 bits per heavy atom. The van der Waals surface area contributed by atoms with Gasteiger partial charge < -0.3 is 25.1 Å². The topological polar surface area (TPSA) is 108 Å². The van der Waals surface area contributed by atoms with Crippen molar-refractivity contribution in [1.82, 2.24) is 20.3 Å². The fourth-order valence-electron chi connectivity index (χ4n) is 3.72. The fraction of sp³-hybridized carbons (Fsp3) is 0.231. The normalized spacial score (nSPS) is 11.3. The van der Waals surface area contributed by atoms with Gasteiger partial charge in [-0.3, -0.25) is 10.3 Å². The second-order valence-corrected chi connectivity index (χ2v) is 8.52. The number of H-pyrrole nitrogens is 1. The Labute approximate surface area is 215 Å². The van der Waals surface area contributed by atoms with Gasteiger partial charge in [-0.2, -0.15) is 0 Å². The number of fused-ring (bicyclic) bond motifs is 1. The molecule has 0 aliphatic rings. The van der Waals surface area contributed by atoms with Gasteiger partial charge in [0.15, 0.2) is 5.11 Å². The molecule has 0 atom stereocenters. The van der Waals surface area contributed by atoms with Gasteiger partial charge in [0.25, 0.3) is 0 Å². The number of ether oxygens (including phenoxy) is 2. The van der Waals surface area contributed by atoms with E-state index in [4.69, 9.17) is 26.7 Å². The lowest BCUT2D eigenvalue weighted by Crippen LogP contribution is -2.39. The fourth-order valence-corrected chi connectivity index (χ4v) is 3.94. The van der Waals surface area contributed by atoms with Crippen LogP contribution in [0.3, 0.4) is 0 Å². The largest absolute Gasteiger partial charge is 0.497 e. The summed E-state index contributed by atoms with van der Waals surface area (Å²) in [7, 11) is 3.30. The standard InChI is InChI=1S/C26H29N7O2S/c1-16-13-17(2)30-25(29-16)32-24(33-26(36)31-19-5-7-20(34-3)8-6-19)27-12-11-18-15-28-23-10-9-21(35-4)14-22(18)23/h5-10,13-15,28H,11-12H2,1-4H3,(H3,27,29,30,31,32,33,36). The maximum Gasteiger partial charge on any atom is 0.229 e. The first kappa shape index (κ1) is 24.9. The van der Waals surface area contributed by atoms with Crippen LogP contribution in [0.25, 0.3) is 10.9 Å². The number of aromatic nitrogens is 3.